The Balaban J connectivity index is 2.50. The molecule has 0 aliphatic heterocycles. The van der Waals surface area contributed by atoms with E-state index in [-0.39, 0.29) is 11.5 Å². The second kappa shape index (κ2) is 6.46. The molecule has 2 rings (SSSR count). The molecule has 112 valence electrons. The largest absolute Gasteiger partial charge is 0.383 e. The Morgan fingerprint density at radius 2 is 1.95 bits per heavy atom. The predicted octanol–water partition coefficient (Wildman–Crippen LogP) is 3.95. The molecule has 0 bridgehead atoms. The molecular weight excluding hydrogens is 282 g/mol. The lowest BCUT2D eigenvalue weighted by molar-refractivity contribution is 0.354. The summed E-state index contributed by atoms with van der Waals surface area (Å²) in [6.07, 6.45) is 1.58. The first-order valence-electron chi connectivity index (χ1n) is 7.16. The van der Waals surface area contributed by atoms with Crippen LogP contribution in [0.3, 0.4) is 0 Å². The number of nitrogen functional groups attached to an aromatic ring is 1. The summed E-state index contributed by atoms with van der Waals surface area (Å²) in [5.74, 6) is 0.523. The molecular formula is C17H22ClN3. The van der Waals surface area contributed by atoms with Crippen molar-refractivity contribution in [2.45, 2.75) is 32.2 Å². The maximum absolute atomic E-state index is 6.11. The Bertz CT molecular complexity index is 596. The lowest BCUT2D eigenvalue weighted by Gasteiger charge is -2.36. The molecule has 1 atom stereocenters. The van der Waals surface area contributed by atoms with Gasteiger partial charge in [0.25, 0.3) is 0 Å². The van der Waals surface area contributed by atoms with E-state index in [4.69, 9.17) is 17.3 Å². The average molecular weight is 304 g/mol. The van der Waals surface area contributed by atoms with Gasteiger partial charge in [0.1, 0.15) is 5.82 Å². The van der Waals surface area contributed by atoms with E-state index in [0.29, 0.717) is 10.8 Å². The first-order chi connectivity index (χ1) is 9.96. The zero-order chi connectivity index (χ0) is 15.5. The molecule has 0 saturated heterocycles. The number of hydrogen-bond acceptors (Lipinski definition) is 3. The van der Waals surface area contributed by atoms with E-state index < -0.39 is 0 Å². The van der Waals surface area contributed by atoms with Crippen molar-refractivity contribution in [3.63, 3.8) is 0 Å². The highest BCUT2D eigenvalue weighted by atomic mass is 35.5. The summed E-state index contributed by atoms with van der Waals surface area (Å²) >= 11 is 6.11. The van der Waals surface area contributed by atoms with Gasteiger partial charge < -0.3 is 11.1 Å². The molecule has 0 amide bonds. The zero-order valence-electron chi connectivity index (χ0n) is 12.7. The highest BCUT2D eigenvalue weighted by Crippen LogP contribution is 2.39. The van der Waals surface area contributed by atoms with Gasteiger partial charge in [-0.15, -0.1) is 0 Å². The van der Waals surface area contributed by atoms with Crippen LogP contribution in [0.15, 0.2) is 42.6 Å². The van der Waals surface area contributed by atoms with Crippen LogP contribution in [-0.4, -0.2) is 11.5 Å². The SMILES string of the molecule is CCNC(c1cc(Cl)cnc1N)C(C)(C)c1ccccc1. The quantitative estimate of drug-likeness (QED) is 0.879. The van der Waals surface area contributed by atoms with E-state index in [1.807, 2.05) is 12.1 Å². The van der Waals surface area contributed by atoms with Crippen molar-refractivity contribution in [2.24, 2.45) is 0 Å². The van der Waals surface area contributed by atoms with Crippen molar-refractivity contribution in [1.29, 1.82) is 0 Å². The van der Waals surface area contributed by atoms with Crippen LogP contribution in [0.2, 0.25) is 5.02 Å². The smallest absolute Gasteiger partial charge is 0.128 e. The van der Waals surface area contributed by atoms with E-state index >= 15 is 0 Å². The highest BCUT2D eigenvalue weighted by molar-refractivity contribution is 6.30. The van der Waals surface area contributed by atoms with Crippen molar-refractivity contribution < 1.29 is 0 Å². The van der Waals surface area contributed by atoms with Crippen LogP contribution in [0, 0.1) is 0 Å². The van der Waals surface area contributed by atoms with Gasteiger partial charge in [0.05, 0.1) is 5.02 Å². The molecule has 4 heteroatoms. The summed E-state index contributed by atoms with van der Waals surface area (Å²) in [5, 5.41) is 4.13. The van der Waals surface area contributed by atoms with Gasteiger partial charge in [0.15, 0.2) is 0 Å². The number of aromatic nitrogens is 1. The molecule has 1 unspecified atom stereocenters. The number of rotatable bonds is 5. The van der Waals surface area contributed by atoms with Crippen LogP contribution >= 0.6 is 11.6 Å². The number of halogens is 1. The molecule has 3 N–H and O–H groups in total. The van der Waals surface area contributed by atoms with E-state index in [0.717, 1.165) is 12.1 Å². The molecule has 2 aromatic rings. The number of likely N-dealkylation sites (N-methyl/N-ethyl adjacent to an activating group) is 1. The number of nitrogens with two attached hydrogens (primary N) is 1. The fourth-order valence-electron chi connectivity index (χ4n) is 2.69. The number of pyridine rings is 1. The van der Waals surface area contributed by atoms with Gasteiger partial charge in [-0.1, -0.05) is 62.7 Å². The molecule has 0 aliphatic rings. The summed E-state index contributed by atoms with van der Waals surface area (Å²) in [6, 6.07) is 12.4. The number of hydrogen-bond donors (Lipinski definition) is 2. The highest BCUT2D eigenvalue weighted by Gasteiger charge is 2.33. The van der Waals surface area contributed by atoms with Crippen LogP contribution in [0.4, 0.5) is 5.82 Å². The summed E-state index contributed by atoms with van der Waals surface area (Å²) in [7, 11) is 0. The van der Waals surface area contributed by atoms with Crippen molar-refractivity contribution >= 4 is 17.4 Å². The fraction of sp³-hybridized carbons (Fsp3) is 0.353. The molecule has 0 radical (unpaired) electrons. The average Bonchev–Trinajstić information content (AvgIpc) is 2.48. The summed E-state index contributed by atoms with van der Waals surface area (Å²) in [6.45, 7) is 7.33. The van der Waals surface area contributed by atoms with Crippen LogP contribution < -0.4 is 11.1 Å². The number of nitrogens with one attached hydrogen (secondary N) is 1. The first-order valence-corrected chi connectivity index (χ1v) is 7.54. The third-order valence-electron chi connectivity index (χ3n) is 3.87. The van der Waals surface area contributed by atoms with Crippen LogP contribution in [0.25, 0.3) is 0 Å². The second-order valence-electron chi connectivity index (χ2n) is 5.71. The Morgan fingerprint density at radius 3 is 2.57 bits per heavy atom. The van der Waals surface area contributed by atoms with Crippen molar-refractivity contribution in [2.75, 3.05) is 12.3 Å². The van der Waals surface area contributed by atoms with Gasteiger partial charge in [-0.2, -0.15) is 0 Å². The Hall–Kier alpha value is -1.58. The van der Waals surface area contributed by atoms with Crippen molar-refractivity contribution in [3.05, 3.63) is 58.7 Å². The molecule has 1 aromatic carbocycles. The van der Waals surface area contributed by atoms with Crippen molar-refractivity contribution in [3.8, 4) is 0 Å². The molecule has 0 aliphatic carbocycles. The van der Waals surface area contributed by atoms with E-state index in [1.54, 1.807) is 6.20 Å². The molecule has 21 heavy (non-hydrogen) atoms. The predicted molar refractivity (Wildman–Crippen MR) is 89.5 cm³/mol. The minimum atomic E-state index is -0.141. The maximum Gasteiger partial charge on any atom is 0.128 e. The summed E-state index contributed by atoms with van der Waals surface area (Å²) < 4.78 is 0. The third-order valence-corrected chi connectivity index (χ3v) is 4.08. The third kappa shape index (κ3) is 3.36. The molecule has 1 heterocycles. The van der Waals surface area contributed by atoms with Gasteiger partial charge in [-0.25, -0.2) is 4.98 Å². The normalized spacial score (nSPS) is 13.1. The monoisotopic (exact) mass is 303 g/mol. The van der Waals surface area contributed by atoms with Crippen LogP contribution in [-0.2, 0) is 5.41 Å². The standard InChI is InChI=1S/C17H22ClN3/c1-4-20-15(14-10-13(18)11-21-16(14)19)17(2,3)12-8-6-5-7-9-12/h5-11,15,20H,4H2,1-3H3,(H2,19,21). The van der Waals surface area contributed by atoms with E-state index in [9.17, 15) is 0 Å². The van der Waals surface area contributed by atoms with E-state index in [2.05, 4.69) is 55.3 Å². The number of benzene rings is 1. The van der Waals surface area contributed by atoms with Crippen LogP contribution in [0.5, 0.6) is 0 Å². The molecule has 3 nitrogen and oxygen atoms in total. The molecule has 0 spiro atoms. The molecule has 0 fully saturated rings. The zero-order valence-corrected chi connectivity index (χ0v) is 13.5. The minimum absolute atomic E-state index is 0.0381. The lowest BCUT2D eigenvalue weighted by atomic mass is 9.75. The van der Waals surface area contributed by atoms with E-state index in [1.165, 1.54) is 5.56 Å². The minimum Gasteiger partial charge on any atom is -0.383 e. The molecule has 0 saturated carbocycles. The topological polar surface area (TPSA) is 50.9 Å². The summed E-state index contributed by atoms with van der Waals surface area (Å²) in [4.78, 5) is 4.19. The van der Waals surface area contributed by atoms with Crippen LogP contribution in [0.1, 0.15) is 37.9 Å². The fourth-order valence-corrected chi connectivity index (χ4v) is 2.86. The number of anilines is 1. The van der Waals surface area contributed by atoms with Gasteiger partial charge in [-0.3, -0.25) is 0 Å². The number of nitrogens with zero attached hydrogens (tertiary/aromatic N) is 1. The summed E-state index contributed by atoms with van der Waals surface area (Å²) in [5.41, 5.74) is 8.13. The van der Waals surface area contributed by atoms with Gasteiger partial charge in [-0.05, 0) is 18.2 Å². The van der Waals surface area contributed by atoms with Crippen molar-refractivity contribution in [1.82, 2.24) is 10.3 Å². The first kappa shape index (κ1) is 15.8. The molecule has 1 aromatic heterocycles. The second-order valence-corrected chi connectivity index (χ2v) is 6.14. The van der Waals surface area contributed by atoms with Gasteiger partial charge in [0.2, 0.25) is 0 Å². The van der Waals surface area contributed by atoms with Gasteiger partial charge >= 0.3 is 0 Å². The Labute approximate surface area is 131 Å². The Kier molecular flexibility index (Phi) is 4.86. The lowest BCUT2D eigenvalue weighted by Crippen LogP contribution is -2.38. The van der Waals surface area contributed by atoms with Gasteiger partial charge in [0, 0.05) is 23.2 Å². The maximum atomic E-state index is 6.11. The Morgan fingerprint density at radius 1 is 1.29 bits per heavy atom.